The Morgan fingerprint density at radius 3 is 2.92 bits per heavy atom. The highest BCUT2D eigenvalue weighted by atomic mass is 35.5. The topological polar surface area (TPSA) is 36.0 Å². The Kier molecular flexibility index (Phi) is 2.02. The van der Waals surface area contributed by atoms with Crippen LogP contribution < -0.4 is 0 Å². The second kappa shape index (κ2) is 3.05. The van der Waals surface area contributed by atoms with E-state index in [0.29, 0.717) is 5.02 Å². The number of aliphatic hydroxyl groups excluding tert-OH is 1. The highest BCUT2D eigenvalue weighted by Gasteiger charge is 2.06. The van der Waals surface area contributed by atoms with Gasteiger partial charge in [-0.1, -0.05) is 11.6 Å². The van der Waals surface area contributed by atoms with Crippen LogP contribution in [0.4, 0.5) is 0 Å². The first kappa shape index (κ1) is 8.60. The van der Waals surface area contributed by atoms with Gasteiger partial charge in [-0.05, 0) is 25.1 Å². The number of nitrogens with one attached hydrogen (secondary N) is 1. The van der Waals surface area contributed by atoms with Gasteiger partial charge in [0.15, 0.2) is 0 Å². The van der Waals surface area contributed by atoms with Crippen molar-refractivity contribution in [2.45, 2.75) is 13.5 Å². The first-order valence-corrected chi connectivity index (χ1v) is 4.47. The molecule has 0 aliphatic carbocycles. The third-order valence-electron chi connectivity index (χ3n) is 2.24. The van der Waals surface area contributed by atoms with Crippen LogP contribution in [0.1, 0.15) is 11.3 Å². The number of rotatable bonds is 1. The molecule has 0 saturated carbocycles. The summed E-state index contributed by atoms with van der Waals surface area (Å²) in [6.45, 7) is 1.99. The van der Waals surface area contributed by atoms with Crippen molar-refractivity contribution in [2.75, 3.05) is 0 Å². The lowest BCUT2D eigenvalue weighted by atomic mass is 10.1. The quantitative estimate of drug-likeness (QED) is 0.721. The van der Waals surface area contributed by atoms with Crippen molar-refractivity contribution in [2.24, 2.45) is 0 Å². The number of aryl methyl sites for hydroxylation is 1. The number of benzene rings is 1. The summed E-state index contributed by atoms with van der Waals surface area (Å²) in [6.07, 6.45) is 0. The number of aliphatic hydroxyl groups is 1. The van der Waals surface area contributed by atoms with E-state index in [2.05, 4.69) is 4.98 Å². The van der Waals surface area contributed by atoms with E-state index in [9.17, 15) is 0 Å². The average molecular weight is 196 g/mol. The highest BCUT2D eigenvalue weighted by molar-refractivity contribution is 6.31. The predicted octanol–water partition coefficient (Wildman–Crippen LogP) is 2.62. The fraction of sp³-hybridized carbons (Fsp3) is 0.200. The molecule has 13 heavy (non-hydrogen) atoms. The van der Waals surface area contributed by atoms with Crippen LogP contribution in [0, 0.1) is 6.92 Å². The Morgan fingerprint density at radius 2 is 2.23 bits per heavy atom. The highest BCUT2D eigenvalue weighted by Crippen LogP contribution is 2.24. The average Bonchev–Trinajstić information content (AvgIpc) is 2.40. The van der Waals surface area contributed by atoms with Crippen LogP contribution in [-0.2, 0) is 6.61 Å². The zero-order valence-corrected chi connectivity index (χ0v) is 8.02. The lowest BCUT2D eigenvalue weighted by Crippen LogP contribution is -1.83. The molecule has 0 aliphatic rings. The molecule has 2 aromatic rings. The molecule has 0 radical (unpaired) electrons. The number of aromatic nitrogens is 1. The molecule has 3 heteroatoms. The molecule has 0 fully saturated rings. The van der Waals surface area contributed by atoms with Gasteiger partial charge in [0.05, 0.1) is 6.61 Å². The molecule has 0 unspecified atom stereocenters. The minimum Gasteiger partial charge on any atom is -0.392 e. The summed E-state index contributed by atoms with van der Waals surface area (Å²) in [7, 11) is 0. The van der Waals surface area contributed by atoms with Crippen molar-refractivity contribution in [1.29, 1.82) is 0 Å². The van der Waals surface area contributed by atoms with E-state index in [1.807, 2.05) is 25.1 Å². The van der Waals surface area contributed by atoms with Crippen LogP contribution >= 0.6 is 11.6 Å². The van der Waals surface area contributed by atoms with Gasteiger partial charge in [-0.3, -0.25) is 0 Å². The molecule has 1 aromatic heterocycles. The van der Waals surface area contributed by atoms with Gasteiger partial charge in [-0.2, -0.15) is 0 Å². The molecule has 2 N–H and O–H groups in total. The Morgan fingerprint density at radius 1 is 1.46 bits per heavy atom. The van der Waals surface area contributed by atoms with E-state index in [0.717, 1.165) is 22.2 Å². The first-order chi connectivity index (χ1) is 6.22. The number of halogens is 1. The number of hydrogen-bond acceptors (Lipinski definition) is 1. The van der Waals surface area contributed by atoms with Gasteiger partial charge in [0.2, 0.25) is 0 Å². The molecular formula is C10H10ClNO. The van der Waals surface area contributed by atoms with Gasteiger partial charge in [0, 0.05) is 27.2 Å². The van der Waals surface area contributed by atoms with Crippen LogP contribution in [0.3, 0.4) is 0 Å². The fourth-order valence-electron chi connectivity index (χ4n) is 1.56. The summed E-state index contributed by atoms with van der Waals surface area (Å²) in [6, 6.07) is 5.62. The van der Waals surface area contributed by atoms with Crippen LogP contribution in [0.2, 0.25) is 5.02 Å². The fourth-order valence-corrected chi connectivity index (χ4v) is 1.73. The SMILES string of the molecule is Cc1[nH]c2ccc(Cl)cc2c1CO. The number of H-pyrrole nitrogens is 1. The van der Waals surface area contributed by atoms with Gasteiger partial charge in [0.1, 0.15) is 0 Å². The van der Waals surface area contributed by atoms with E-state index in [4.69, 9.17) is 16.7 Å². The first-order valence-electron chi connectivity index (χ1n) is 4.10. The summed E-state index contributed by atoms with van der Waals surface area (Å²) >= 11 is 5.86. The van der Waals surface area contributed by atoms with Gasteiger partial charge in [0.25, 0.3) is 0 Å². The Bertz CT molecular complexity index is 447. The largest absolute Gasteiger partial charge is 0.392 e. The summed E-state index contributed by atoms with van der Waals surface area (Å²) in [5.74, 6) is 0. The zero-order chi connectivity index (χ0) is 9.42. The predicted molar refractivity (Wildman–Crippen MR) is 54.0 cm³/mol. The maximum absolute atomic E-state index is 9.13. The molecule has 68 valence electrons. The smallest absolute Gasteiger partial charge is 0.0705 e. The van der Waals surface area contributed by atoms with E-state index in [1.54, 1.807) is 0 Å². The van der Waals surface area contributed by atoms with E-state index in [-0.39, 0.29) is 6.61 Å². The second-order valence-corrected chi connectivity index (χ2v) is 3.51. The lowest BCUT2D eigenvalue weighted by molar-refractivity contribution is 0.282. The van der Waals surface area contributed by atoms with Crippen molar-refractivity contribution < 1.29 is 5.11 Å². The van der Waals surface area contributed by atoms with Gasteiger partial charge < -0.3 is 10.1 Å². The van der Waals surface area contributed by atoms with Gasteiger partial charge in [-0.15, -0.1) is 0 Å². The molecule has 0 aliphatic heterocycles. The molecule has 1 aromatic carbocycles. The van der Waals surface area contributed by atoms with E-state index < -0.39 is 0 Å². The van der Waals surface area contributed by atoms with Crippen molar-refractivity contribution in [3.8, 4) is 0 Å². The Balaban J connectivity index is 2.80. The molecule has 0 atom stereocenters. The molecule has 0 spiro atoms. The summed E-state index contributed by atoms with van der Waals surface area (Å²) in [4.78, 5) is 3.19. The maximum Gasteiger partial charge on any atom is 0.0705 e. The summed E-state index contributed by atoms with van der Waals surface area (Å²) < 4.78 is 0. The zero-order valence-electron chi connectivity index (χ0n) is 7.26. The Labute approximate surface area is 81.1 Å². The van der Waals surface area contributed by atoms with E-state index >= 15 is 0 Å². The van der Waals surface area contributed by atoms with Gasteiger partial charge >= 0.3 is 0 Å². The Hall–Kier alpha value is -0.990. The van der Waals surface area contributed by atoms with E-state index in [1.165, 1.54) is 0 Å². The molecule has 0 amide bonds. The third-order valence-corrected chi connectivity index (χ3v) is 2.47. The minimum atomic E-state index is 0.0478. The minimum absolute atomic E-state index is 0.0478. The van der Waals surface area contributed by atoms with Crippen LogP contribution in [0.25, 0.3) is 10.9 Å². The van der Waals surface area contributed by atoms with Gasteiger partial charge in [-0.25, -0.2) is 0 Å². The number of fused-ring (bicyclic) bond motifs is 1. The van der Waals surface area contributed by atoms with Crippen LogP contribution in [0.5, 0.6) is 0 Å². The molecule has 1 heterocycles. The molecular weight excluding hydrogens is 186 g/mol. The standard InChI is InChI=1S/C10H10ClNO/c1-6-9(5-13)8-4-7(11)2-3-10(8)12-6/h2-4,12-13H,5H2,1H3. The molecule has 2 nitrogen and oxygen atoms in total. The maximum atomic E-state index is 9.13. The number of aromatic amines is 1. The van der Waals surface area contributed by atoms with Crippen LogP contribution in [-0.4, -0.2) is 10.1 Å². The normalized spacial score (nSPS) is 11.0. The van der Waals surface area contributed by atoms with Crippen molar-refractivity contribution >= 4 is 22.5 Å². The van der Waals surface area contributed by atoms with Crippen molar-refractivity contribution in [1.82, 2.24) is 4.98 Å². The second-order valence-electron chi connectivity index (χ2n) is 3.08. The molecule has 0 saturated heterocycles. The molecule has 0 bridgehead atoms. The molecule has 2 rings (SSSR count). The number of hydrogen-bond donors (Lipinski definition) is 2. The van der Waals surface area contributed by atoms with Crippen molar-refractivity contribution in [3.05, 3.63) is 34.5 Å². The van der Waals surface area contributed by atoms with Crippen LogP contribution in [0.15, 0.2) is 18.2 Å². The summed E-state index contributed by atoms with van der Waals surface area (Å²) in [5, 5.41) is 10.8. The lowest BCUT2D eigenvalue weighted by Gasteiger charge is -1.94. The summed E-state index contributed by atoms with van der Waals surface area (Å²) in [5.41, 5.74) is 2.95. The monoisotopic (exact) mass is 195 g/mol. The van der Waals surface area contributed by atoms with Crippen molar-refractivity contribution in [3.63, 3.8) is 0 Å². The third kappa shape index (κ3) is 1.32.